The number of amides is 12. The van der Waals surface area contributed by atoms with Gasteiger partial charge in [0.15, 0.2) is 27.8 Å². The van der Waals surface area contributed by atoms with Crippen molar-refractivity contribution in [1.29, 1.82) is 0 Å². The molecular formula is C60H49N13O14. The van der Waals surface area contributed by atoms with Gasteiger partial charge in [-0.15, -0.1) is 0 Å². The quantitative estimate of drug-likeness (QED) is 0.0838. The average Bonchev–Trinajstić information content (AvgIpc) is 1.65. The van der Waals surface area contributed by atoms with Crippen LogP contribution >= 0.6 is 0 Å². The number of fused-ring (bicyclic) bond motifs is 6. The number of furan rings is 2. The fraction of sp³-hybridized carbons (Fsp3) is 0.200. The Labute approximate surface area is 490 Å². The number of urea groups is 3. The molecule has 3 saturated heterocycles. The van der Waals surface area contributed by atoms with Gasteiger partial charge < -0.3 is 58.7 Å². The van der Waals surface area contributed by atoms with Crippen LogP contribution in [-0.2, 0) is 50.6 Å². The third-order valence-electron chi connectivity index (χ3n) is 16.0. The van der Waals surface area contributed by atoms with Gasteiger partial charge in [-0.05, 0) is 89.5 Å². The third-order valence-corrected chi connectivity index (χ3v) is 16.0. The average molecular weight is 1180 g/mol. The molecule has 7 N–H and O–H groups in total. The van der Waals surface area contributed by atoms with Crippen molar-refractivity contribution in [2.24, 2.45) is 0 Å². The summed E-state index contributed by atoms with van der Waals surface area (Å²) < 4.78 is 27.3. The maximum absolute atomic E-state index is 13.0. The van der Waals surface area contributed by atoms with Crippen LogP contribution in [0.15, 0.2) is 137 Å². The van der Waals surface area contributed by atoms with Crippen LogP contribution in [0, 0.1) is 0 Å². The Balaban J connectivity index is 0.000000121. The molecule has 6 aliphatic heterocycles. The first-order valence-corrected chi connectivity index (χ1v) is 26.9. The fourth-order valence-electron chi connectivity index (χ4n) is 11.6. The van der Waals surface area contributed by atoms with E-state index in [1.165, 1.54) is 37.3 Å². The first-order chi connectivity index (χ1) is 42.0. The zero-order valence-electron chi connectivity index (χ0n) is 46.3. The predicted octanol–water partition coefficient (Wildman–Crippen LogP) is 4.32. The van der Waals surface area contributed by atoms with Crippen LogP contribution in [0.25, 0.3) is 33.0 Å². The van der Waals surface area contributed by atoms with E-state index in [9.17, 15) is 43.2 Å². The van der Waals surface area contributed by atoms with Crippen molar-refractivity contribution in [1.82, 2.24) is 66.5 Å². The lowest BCUT2D eigenvalue weighted by Crippen LogP contribution is -2.53. The van der Waals surface area contributed by atoms with Crippen molar-refractivity contribution < 1.29 is 66.2 Å². The van der Waals surface area contributed by atoms with E-state index in [0.29, 0.717) is 75.9 Å². The molecule has 3 atom stereocenters. The van der Waals surface area contributed by atoms with E-state index in [0.717, 1.165) is 33.0 Å². The highest BCUT2D eigenvalue weighted by Crippen LogP contribution is 2.38. The highest BCUT2D eigenvalue weighted by atomic mass is 16.5. The number of carbonyl (C=O) groups excluding carboxylic acids is 9. The molecule has 6 aromatic heterocycles. The van der Waals surface area contributed by atoms with Crippen LogP contribution in [0.4, 0.5) is 14.4 Å². The number of H-pyrrole nitrogens is 1. The second-order valence-electron chi connectivity index (χ2n) is 21.2. The molecule has 87 heavy (non-hydrogen) atoms. The van der Waals surface area contributed by atoms with Gasteiger partial charge in [-0.2, -0.15) is 0 Å². The summed E-state index contributed by atoms with van der Waals surface area (Å²) in [6.45, 7) is 0.783. The topological polar surface area (TPSA) is 344 Å². The largest absolute Gasteiger partial charge is 0.497 e. The number of nitrogens with one attached hydrogen (secondary N) is 7. The number of imide groups is 3. The van der Waals surface area contributed by atoms with Crippen LogP contribution in [0.1, 0.15) is 65.0 Å². The lowest BCUT2D eigenvalue weighted by Gasteiger charge is -2.30. The minimum atomic E-state index is -1.54. The molecule has 12 amide bonds. The van der Waals surface area contributed by atoms with Gasteiger partial charge in [-0.25, -0.2) is 14.4 Å². The van der Waals surface area contributed by atoms with Crippen LogP contribution in [-0.4, -0.2) is 129 Å². The van der Waals surface area contributed by atoms with Crippen molar-refractivity contribution in [3.05, 3.63) is 179 Å². The standard InChI is InChI=1S/C20H17N5O4.2C20H16N4O5/c1-29-13-3-2-12-9-25(17(26)14(12)7-13)10-20(18(27)23-19(28)24-20)16-6-11-4-5-21-8-15(11)22-16;1-28-13-3-2-12-9-24(17(25)14(12)7-13)10-20(18(26)22-19(27)23-20)16-6-11-4-5-21-8-15(11)29-16;1-28-12-5-4-11-9-24(17(25)13(11)7-12)10-20(18(26)22-19(27)23-20)16-8-14-15(29-16)3-2-6-21-14/h2-8,22H,9-10H2,1H3,(H2,23,24,27,28);2*2-8H,9-10H2,1H3,(H2,22,23,26,27)/t3*20-/m000/s1. The molecule has 6 aliphatic rings. The molecule has 3 aromatic carbocycles. The number of rotatable bonds is 12. The third kappa shape index (κ3) is 9.32. The number of carbonyl (C=O) groups is 9. The molecule has 0 radical (unpaired) electrons. The Kier molecular flexibility index (Phi) is 13.1. The molecule has 27 heteroatoms. The Hall–Kier alpha value is -11.6. The van der Waals surface area contributed by atoms with E-state index in [1.807, 2.05) is 18.2 Å². The molecule has 15 rings (SSSR count). The van der Waals surface area contributed by atoms with Crippen molar-refractivity contribution in [3.63, 3.8) is 0 Å². The highest BCUT2D eigenvalue weighted by Gasteiger charge is 2.55. The van der Waals surface area contributed by atoms with E-state index in [4.69, 9.17) is 23.0 Å². The number of methoxy groups -OCH3 is 3. The van der Waals surface area contributed by atoms with E-state index in [2.05, 4.69) is 51.8 Å². The smallest absolute Gasteiger partial charge is 0.322 e. The maximum Gasteiger partial charge on any atom is 0.322 e. The van der Waals surface area contributed by atoms with E-state index >= 15 is 0 Å². The first-order valence-electron chi connectivity index (χ1n) is 26.9. The van der Waals surface area contributed by atoms with Crippen molar-refractivity contribution >= 4 is 86.5 Å². The summed E-state index contributed by atoms with van der Waals surface area (Å²) in [5.41, 5.74) is 2.29. The van der Waals surface area contributed by atoms with Gasteiger partial charge in [0.2, 0.25) is 0 Å². The summed E-state index contributed by atoms with van der Waals surface area (Å²) in [6, 6.07) is 26.0. The number of hydrogen-bond donors (Lipinski definition) is 7. The number of pyridine rings is 3. The summed E-state index contributed by atoms with van der Waals surface area (Å²) in [7, 11) is 4.60. The molecule has 0 bridgehead atoms. The van der Waals surface area contributed by atoms with Crippen molar-refractivity contribution in [2.45, 2.75) is 36.3 Å². The molecule has 3 fully saturated rings. The summed E-state index contributed by atoms with van der Waals surface area (Å²) >= 11 is 0. The molecule has 0 aliphatic carbocycles. The molecule has 12 heterocycles. The number of aromatic nitrogens is 4. The summed E-state index contributed by atoms with van der Waals surface area (Å²) in [5.74, 6) is -0.183. The second-order valence-corrected chi connectivity index (χ2v) is 21.2. The van der Waals surface area contributed by atoms with E-state index < -0.39 is 52.4 Å². The predicted molar refractivity (Wildman–Crippen MR) is 302 cm³/mol. The number of benzene rings is 3. The Morgan fingerprint density at radius 1 is 0.483 bits per heavy atom. The lowest BCUT2D eigenvalue weighted by molar-refractivity contribution is -0.126. The Bertz CT molecular complexity index is 3900. The van der Waals surface area contributed by atoms with Crippen LogP contribution < -0.4 is 46.1 Å². The van der Waals surface area contributed by atoms with Crippen LogP contribution in [0.2, 0.25) is 0 Å². The van der Waals surface area contributed by atoms with Gasteiger partial charge in [0.05, 0.1) is 64.6 Å². The summed E-state index contributed by atoms with van der Waals surface area (Å²) in [6.07, 6.45) is 8.04. The molecule has 27 nitrogen and oxygen atoms in total. The first kappa shape index (κ1) is 54.6. The normalized spacial score (nSPS) is 20.7. The molecule has 438 valence electrons. The summed E-state index contributed by atoms with van der Waals surface area (Å²) in [4.78, 5) is 133. The van der Waals surface area contributed by atoms with Gasteiger partial charge in [-0.3, -0.25) is 59.7 Å². The van der Waals surface area contributed by atoms with Gasteiger partial charge in [-0.1, -0.05) is 18.2 Å². The van der Waals surface area contributed by atoms with Gasteiger partial charge in [0, 0.05) is 71.8 Å². The number of nitrogens with zero attached hydrogens (tertiary/aromatic N) is 6. The highest BCUT2D eigenvalue weighted by molar-refractivity contribution is 6.11. The zero-order valence-corrected chi connectivity index (χ0v) is 46.3. The Morgan fingerprint density at radius 2 is 0.931 bits per heavy atom. The molecular weight excluding hydrogens is 1130 g/mol. The Morgan fingerprint density at radius 3 is 1.38 bits per heavy atom. The van der Waals surface area contributed by atoms with Gasteiger partial charge in [0.1, 0.15) is 34.3 Å². The maximum atomic E-state index is 13.0. The minimum absolute atomic E-state index is 0.0132. The molecule has 9 aromatic rings. The van der Waals surface area contributed by atoms with Crippen LogP contribution in [0.3, 0.4) is 0 Å². The summed E-state index contributed by atoms with van der Waals surface area (Å²) in [5, 5.41) is 16.4. The van der Waals surface area contributed by atoms with Crippen molar-refractivity contribution in [3.8, 4) is 17.2 Å². The fourth-order valence-corrected chi connectivity index (χ4v) is 11.6. The number of ether oxygens (including phenoxy) is 3. The monoisotopic (exact) mass is 1180 g/mol. The van der Waals surface area contributed by atoms with Gasteiger partial charge >= 0.3 is 18.1 Å². The minimum Gasteiger partial charge on any atom is -0.497 e. The number of aromatic amines is 1. The molecule has 0 spiro atoms. The molecule has 0 saturated carbocycles. The van der Waals surface area contributed by atoms with Gasteiger partial charge in [0.25, 0.3) is 35.4 Å². The zero-order chi connectivity index (χ0) is 60.5. The molecule has 0 unspecified atom stereocenters. The van der Waals surface area contributed by atoms with Crippen molar-refractivity contribution in [2.75, 3.05) is 41.0 Å². The lowest BCUT2D eigenvalue weighted by atomic mass is 9.94. The van der Waals surface area contributed by atoms with E-state index in [-0.39, 0.29) is 48.9 Å². The second kappa shape index (κ2) is 20.9. The SMILES string of the molecule is COc1ccc2c(c1)C(=O)N(C[C@@]1(c3cc4ccncc4[nH]3)NC(=O)NC1=O)C2.COc1ccc2c(c1)C(=O)N(C[C@@]1(c3cc4ccncc4o3)NC(=O)NC1=O)C2.COc1ccc2c(c1)C(=O)N(C[C@@]1(c3cc4ncccc4o3)NC(=O)NC1=O)C2. The van der Waals surface area contributed by atoms with Crippen LogP contribution in [0.5, 0.6) is 17.2 Å². The van der Waals surface area contributed by atoms with E-state index in [1.54, 1.807) is 109 Å². The number of hydrogen-bond acceptors (Lipinski definition) is 17.